The third-order valence-electron chi connectivity index (χ3n) is 3.11. The number of aliphatic hydroxyl groups is 1. The molecule has 5 heteroatoms. The Morgan fingerprint density at radius 3 is 2.90 bits per heavy atom. The molecule has 3 aromatic rings. The van der Waals surface area contributed by atoms with Gasteiger partial charge in [-0.1, -0.05) is 18.2 Å². The van der Waals surface area contributed by atoms with Gasteiger partial charge in [0.2, 0.25) is 0 Å². The number of rotatable bonds is 4. The highest BCUT2D eigenvalue weighted by atomic mass is 32.1. The Kier molecular flexibility index (Phi) is 3.82. The lowest BCUT2D eigenvalue weighted by Gasteiger charge is -2.11. The van der Waals surface area contributed by atoms with E-state index in [9.17, 15) is 9.90 Å². The lowest BCUT2D eigenvalue weighted by molar-refractivity contribution is 0.0917. The first-order valence-corrected chi connectivity index (χ1v) is 8.02. The largest absolute Gasteiger partial charge is 0.387 e. The number of carbonyl (C=O) groups excluding carboxylic acids is 1. The first kappa shape index (κ1) is 13.3. The summed E-state index contributed by atoms with van der Waals surface area (Å²) >= 11 is 3.08. The van der Waals surface area contributed by atoms with Crippen molar-refractivity contribution in [2.45, 2.75) is 6.10 Å². The van der Waals surface area contributed by atoms with E-state index in [1.54, 1.807) is 22.8 Å². The monoisotopic (exact) mass is 303 g/mol. The molecule has 2 N–H and O–H groups in total. The van der Waals surface area contributed by atoms with Gasteiger partial charge in [0.1, 0.15) is 0 Å². The third-order valence-corrected chi connectivity index (χ3v) is 4.77. The molecule has 1 amide bonds. The van der Waals surface area contributed by atoms with Crippen molar-refractivity contribution in [1.82, 2.24) is 5.32 Å². The molecule has 20 heavy (non-hydrogen) atoms. The molecule has 0 bridgehead atoms. The summed E-state index contributed by atoms with van der Waals surface area (Å²) in [5.41, 5.74) is 1.51. The number of nitrogens with one attached hydrogen (secondary N) is 1. The molecule has 0 aliphatic rings. The molecule has 0 aliphatic heterocycles. The number of aliphatic hydroxyl groups excluding tert-OH is 1. The van der Waals surface area contributed by atoms with Gasteiger partial charge in [0, 0.05) is 27.8 Å². The lowest BCUT2D eigenvalue weighted by atomic mass is 10.1. The van der Waals surface area contributed by atoms with Crippen molar-refractivity contribution in [3.05, 3.63) is 57.6 Å². The van der Waals surface area contributed by atoms with Crippen LogP contribution < -0.4 is 5.32 Å². The standard InChI is InChI=1S/C15H13NO2S2/c17-13(7-16-15(18)10-5-6-19-8-10)12-9-20-14-4-2-1-3-11(12)14/h1-6,8-9,13,17H,7H2,(H,16,18)/t13-/m0/s1. The van der Waals surface area contributed by atoms with Crippen LogP contribution in [0.1, 0.15) is 22.0 Å². The fourth-order valence-corrected chi connectivity index (χ4v) is 3.70. The van der Waals surface area contributed by atoms with Gasteiger partial charge in [0.05, 0.1) is 6.10 Å². The fraction of sp³-hybridized carbons (Fsp3) is 0.133. The van der Waals surface area contributed by atoms with E-state index in [1.165, 1.54) is 11.3 Å². The molecule has 0 aliphatic carbocycles. The maximum Gasteiger partial charge on any atom is 0.252 e. The summed E-state index contributed by atoms with van der Waals surface area (Å²) in [7, 11) is 0. The van der Waals surface area contributed by atoms with Crippen LogP contribution in [0, 0.1) is 0 Å². The first-order valence-electron chi connectivity index (χ1n) is 6.20. The number of benzene rings is 1. The molecule has 0 unspecified atom stereocenters. The van der Waals surface area contributed by atoms with Crippen LogP contribution in [-0.4, -0.2) is 17.6 Å². The summed E-state index contributed by atoms with van der Waals surface area (Å²) in [5.74, 6) is -0.148. The summed E-state index contributed by atoms with van der Waals surface area (Å²) in [6, 6.07) is 9.72. The number of carbonyl (C=O) groups is 1. The molecule has 0 saturated carbocycles. The molecule has 0 spiro atoms. The molecule has 2 heterocycles. The predicted octanol–water partition coefficient (Wildman–Crippen LogP) is 3.43. The van der Waals surface area contributed by atoms with Gasteiger partial charge in [0.25, 0.3) is 5.91 Å². The zero-order valence-corrected chi connectivity index (χ0v) is 12.2. The third kappa shape index (κ3) is 2.60. The van der Waals surface area contributed by atoms with E-state index in [2.05, 4.69) is 5.32 Å². The van der Waals surface area contributed by atoms with Crippen molar-refractivity contribution in [3.8, 4) is 0 Å². The smallest absolute Gasteiger partial charge is 0.252 e. The molecule has 0 radical (unpaired) electrons. The second kappa shape index (κ2) is 5.75. The maximum absolute atomic E-state index is 11.8. The van der Waals surface area contributed by atoms with Crippen LogP contribution in [0.2, 0.25) is 0 Å². The van der Waals surface area contributed by atoms with Crippen LogP contribution in [-0.2, 0) is 0 Å². The molecule has 0 saturated heterocycles. The molecule has 3 rings (SSSR count). The van der Waals surface area contributed by atoms with E-state index < -0.39 is 6.10 Å². The number of thiophene rings is 2. The van der Waals surface area contributed by atoms with Crippen LogP contribution >= 0.6 is 22.7 Å². The molecule has 1 aromatic carbocycles. The van der Waals surface area contributed by atoms with E-state index in [0.29, 0.717) is 5.56 Å². The highest BCUT2D eigenvalue weighted by molar-refractivity contribution is 7.17. The summed E-state index contributed by atoms with van der Waals surface area (Å²) in [6.45, 7) is 0.218. The zero-order chi connectivity index (χ0) is 13.9. The fourth-order valence-electron chi connectivity index (χ4n) is 2.05. The molecule has 2 aromatic heterocycles. The molecule has 3 nitrogen and oxygen atoms in total. The van der Waals surface area contributed by atoms with Crippen molar-refractivity contribution < 1.29 is 9.90 Å². The Balaban J connectivity index is 1.70. The van der Waals surface area contributed by atoms with Crippen molar-refractivity contribution in [2.24, 2.45) is 0 Å². The highest BCUT2D eigenvalue weighted by Gasteiger charge is 2.14. The number of amides is 1. The quantitative estimate of drug-likeness (QED) is 0.776. The van der Waals surface area contributed by atoms with Gasteiger partial charge in [-0.05, 0) is 28.3 Å². The summed E-state index contributed by atoms with van der Waals surface area (Å²) < 4.78 is 1.14. The summed E-state index contributed by atoms with van der Waals surface area (Å²) in [6.07, 6.45) is -0.686. The summed E-state index contributed by atoms with van der Waals surface area (Å²) in [4.78, 5) is 11.8. The average molecular weight is 303 g/mol. The van der Waals surface area contributed by atoms with Gasteiger partial charge in [-0.25, -0.2) is 0 Å². The topological polar surface area (TPSA) is 49.3 Å². The second-order valence-corrected chi connectivity index (χ2v) is 6.12. The van der Waals surface area contributed by atoms with Crippen molar-refractivity contribution in [2.75, 3.05) is 6.54 Å². The van der Waals surface area contributed by atoms with Crippen LogP contribution in [0.15, 0.2) is 46.5 Å². The molecular formula is C15H13NO2S2. The second-order valence-electron chi connectivity index (χ2n) is 4.43. The molecule has 1 atom stereocenters. The van der Waals surface area contributed by atoms with Gasteiger partial charge in [-0.2, -0.15) is 11.3 Å². The first-order chi connectivity index (χ1) is 9.75. The van der Waals surface area contributed by atoms with Gasteiger partial charge >= 0.3 is 0 Å². The Labute approximate surface area is 124 Å². The van der Waals surface area contributed by atoms with E-state index >= 15 is 0 Å². The van der Waals surface area contributed by atoms with Crippen molar-refractivity contribution in [3.63, 3.8) is 0 Å². The van der Waals surface area contributed by atoms with E-state index in [4.69, 9.17) is 0 Å². The zero-order valence-electron chi connectivity index (χ0n) is 10.6. The van der Waals surface area contributed by atoms with Gasteiger partial charge < -0.3 is 10.4 Å². The average Bonchev–Trinajstić information content (AvgIpc) is 3.13. The SMILES string of the molecule is O=C(NC[C@H](O)c1csc2ccccc12)c1ccsc1. The predicted molar refractivity (Wildman–Crippen MR) is 83.4 cm³/mol. The highest BCUT2D eigenvalue weighted by Crippen LogP contribution is 2.29. The minimum atomic E-state index is -0.686. The van der Waals surface area contributed by atoms with E-state index in [1.807, 2.05) is 35.0 Å². The van der Waals surface area contributed by atoms with Gasteiger partial charge in [-0.3, -0.25) is 4.79 Å². The van der Waals surface area contributed by atoms with E-state index in [0.717, 1.165) is 15.6 Å². The molecule has 102 valence electrons. The molecular weight excluding hydrogens is 290 g/mol. The Morgan fingerprint density at radius 2 is 2.10 bits per heavy atom. The van der Waals surface area contributed by atoms with Crippen molar-refractivity contribution in [1.29, 1.82) is 0 Å². The normalized spacial score (nSPS) is 12.4. The Hall–Kier alpha value is -1.69. The Bertz CT molecular complexity index is 718. The van der Waals surface area contributed by atoms with Gasteiger partial charge in [-0.15, -0.1) is 11.3 Å². The molecule has 0 fully saturated rings. The Morgan fingerprint density at radius 1 is 1.25 bits per heavy atom. The van der Waals surface area contributed by atoms with Crippen LogP contribution in [0.5, 0.6) is 0 Å². The number of fused-ring (bicyclic) bond motifs is 1. The number of hydrogen-bond acceptors (Lipinski definition) is 4. The lowest BCUT2D eigenvalue weighted by Crippen LogP contribution is -2.27. The van der Waals surface area contributed by atoms with Crippen LogP contribution in [0.4, 0.5) is 0 Å². The van der Waals surface area contributed by atoms with Crippen LogP contribution in [0.25, 0.3) is 10.1 Å². The minimum Gasteiger partial charge on any atom is -0.387 e. The maximum atomic E-state index is 11.8. The van der Waals surface area contributed by atoms with Gasteiger partial charge in [0.15, 0.2) is 0 Å². The van der Waals surface area contributed by atoms with E-state index in [-0.39, 0.29) is 12.5 Å². The van der Waals surface area contributed by atoms with Crippen LogP contribution in [0.3, 0.4) is 0 Å². The summed E-state index contributed by atoms with van der Waals surface area (Å²) in [5, 5.41) is 19.7. The number of hydrogen-bond donors (Lipinski definition) is 2. The minimum absolute atomic E-state index is 0.148. The van der Waals surface area contributed by atoms with Crippen molar-refractivity contribution >= 4 is 38.7 Å².